The molecule has 2 atom stereocenters. The van der Waals surface area contributed by atoms with Crippen LogP contribution in [0.15, 0.2) is 12.4 Å². The lowest BCUT2D eigenvalue weighted by Crippen LogP contribution is -2.44. The number of carbonyl (C=O) groups excluding carboxylic acids is 1. The zero-order chi connectivity index (χ0) is 12.8. The molecule has 1 aliphatic rings. The molecule has 1 aliphatic heterocycles. The molecule has 0 bridgehead atoms. The summed E-state index contributed by atoms with van der Waals surface area (Å²) in [6.07, 6.45) is 6.08. The van der Waals surface area contributed by atoms with Crippen LogP contribution in [0.3, 0.4) is 0 Å². The molecule has 1 unspecified atom stereocenters. The maximum atomic E-state index is 11.8. The second kappa shape index (κ2) is 6.76. The van der Waals surface area contributed by atoms with Crippen LogP contribution in [0.25, 0.3) is 0 Å². The molecule has 1 heterocycles. The molecule has 0 aromatic heterocycles. The van der Waals surface area contributed by atoms with Gasteiger partial charge in [0.2, 0.25) is 0 Å². The minimum absolute atomic E-state index is 0.335. The van der Waals surface area contributed by atoms with E-state index in [1.165, 1.54) is 0 Å². The Morgan fingerprint density at radius 3 is 2.88 bits per heavy atom. The number of nitrogens with two attached hydrogens (primary N) is 1. The maximum absolute atomic E-state index is 11.8. The minimum Gasteiger partial charge on any atom is -0.421 e. The molecule has 17 heavy (non-hydrogen) atoms. The molecule has 0 aromatic rings. The third-order valence-electron chi connectivity index (χ3n) is 2.65. The largest absolute Gasteiger partial charge is 0.421 e. The predicted molar refractivity (Wildman–Crippen MR) is 70.1 cm³/mol. The Kier molecular flexibility index (Phi) is 5.64. The van der Waals surface area contributed by atoms with Crippen molar-refractivity contribution in [1.82, 2.24) is 9.80 Å². The summed E-state index contributed by atoms with van der Waals surface area (Å²) in [5.74, 6) is 0.532. The summed E-state index contributed by atoms with van der Waals surface area (Å²) in [5, 5.41) is 0. The van der Waals surface area contributed by atoms with E-state index < -0.39 is 6.04 Å². The Morgan fingerprint density at radius 2 is 2.29 bits per heavy atom. The number of hydrogen-bond acceptors (Lipinski definition) is 6. The summed E-state index contributed by atoms with van der Waals surface area (Å²) < 4.78 is 5.40. The first kappa shape index (κ1) is 14.2. The van der Waals surface area contributed by atoms with Crippen LogP contribution < -0.4 is 5.73 Å². The Morgan fingerprint density at radius 1 is 1.59 bits per heavy atom. The zero-order valence-electron chi connectivity index (χ0n) is 10.6. The lowest BCUT2D eigenvalue weighted by molar-refractivity contribution is -0.168. The first-order valence-corrected chi connectivity index (χ1v) is 7.10. The number of rotatable bonds is 6. The summed E-state index contributed by atoms with van der Waals surface area (Å²) >= 11 is 1.67. The molecule has 0 amide bonds. The van der Waals surface area contributed by atoms with Gasteiger partial charge >= 0.3 is 5.97 Å². The number of esters is 1. The van der Waals surface area contributed by atoms with E-state index in [0.717, 1.165) is 12.3 Å². The van der Waals surface area contributed by atoms with Crippen LogP contribution in [-0.4, -0.2) is 53.8 Å². The van der Waals surface area contributed by atoms with Gasteiger partial charge in [-0.25, -0.2) is 0 Å². The molecular weight excluding hydrogens is 238 g/mol. The highest BCUT2D eigenvalue weighted by Crippen LogP contribution is 2.15. The van der Waals surface area contributed by atoms with Crippen molar-refractivity contribution in [3.8, 4) is 0 Å². The van der Waals surface area contributed by atoms with E-state index in [1.807, 2.05) is 42.4 Å². The average molecular weight is 259 g/mol. The summed E-state index contributed by atoms with van der Waals surface area (Å²) in [4.78, 5) is 15.6. The van der Waals surface area contributed by atoms with Crippen LogP contribution in [-0.2, 0) is 9.53 Å². The third-order valence-corrected chi connectivity index (χ3v) is 3.29. The standard InChI is InChI=1S/C11H21N3O2S/c1-4-14-7-6-13(2)11(14)16-10(15)9(12)5-8-17-3/h6-7,9,11H,4-5,8,12H2,1-3H3/t9-,11?/m0/s1. The van der Waals surface area contributed by atoms with Gasteiger partial charge in [-0.1, -0.05) is 0 Å². The molecule has 5 nitrogen and oxygen atoms in total. The first-order chi connectivity index (χ1) is 8.10. The van der Waals surface area contributed by atoms with E-state index in [-0.39, 0.29) is 12.3 Å². The van der Waals surface area contributed by atoms with Crippen molar-refractivity contribution in [2.24, 2.45) is 5.73 Å². The second-order valence-electron chi connectivity index (χ2n) is 3.95. The van der Waals surface area contributed by atoms with Crippen LogP contribution in [0.4, 0.5) is 0 Å². The normalized spacial score (nSPS) is 20.8. The van der Waals surface area contributed by atoms with Gasteiger partial charge in [-0.3, -0.25) is 4.79 Å². The Labute approximate surface area is 107 Å². The van der Waals surface area contributed by atoms with E-state index in [4.69, 9.17) is 10.5 Å². The van der Waals surface area contributed by atoms with Crippen LogP contribution in [0.1, 0.15) is 13.3 Å². The molecule has 0 radical (unpaired) electrons. The van der Waals surface area contributed by atoms with Crippen LogP contribution in [0.2, 0.25) is 0 Å². The van der Waals surface area contributed by atoms with Gasteiger partial charge in [-0.2, -0.15) is 11.8 Å². The molecule has 0 saturated heterocycles. The van der Waals surface area contributed by atoms with Crippen molar-refractivity contribution in [2.45, 2.75) is 25.7 Å². The van der Waals surface area contributed by atoms with Gasteiger partial charge in [0.05, 0.1) is 0 Å². The summed E-state index contributed by atoms with van der Waals surface area (Å²) in [6.45, 7) is 2.80. The second-order valence-corrected chi connectivity index (χ2v) is 4.93. The fraction of sp³-hybridized carbons (Fsp3) is 0.727. The van der Waals surface area contributed by atoms with Crippen molar-refractivity contribution in [1.29, 1.82) is 0 Å². The SMILES string of the molecule is CCN1C=CN(C)C1OC(=O)[C@@H](N)CCSC. The van der Waals surface area contributed by atoms with E-state index in [2.05, 4.69) is 0 Å². The number of carbonyl (C=O) groups is 1. The molecule has 1 rings (SSSR count). The highest BCUT2D eigenvalue weighted by atomic mass is 32.2. The van der Waals surface area contributed by atoms with E-state index in [0.29, 0.717) is 6.42 Å². The zero-order valence-corrected chi connectivity index (χ0v) is 11.4. The topological polar surface area (TPSA) is 58.8 Å². The van der Waals surface area contributed by atoms with Gasteiger partial charge in [0.25, 0.3) is 6.35 Å². The van der Waals surface area contributed by atoms with Gasteiger partial charge in [-0.15, -0.1) is 0 Å². The smallest absolute Gasteiger partial charge is 0.326 e. The van der Waals surface area contributed by atoms with Crippen molar-refractivity contribution < 1.29 is 9.53 Å². The molecule has 0 saturated carbocycles. The molecule has 0 fully saturated rings. The monoisotopic (exact) mass is 259 g/mol. The fourth-order valence-corrected chi connectivity index (χ4v) is 2.03. The molecule has 0 spiro atoms. The van der Waals surface area contributed by atoms with Crippen LogP contribution >= 0.6 is 11.8 Å². The van der Waals surface area contributed by atoms with E-state index in [1.54, 1.807) is 11.8 Å². The number of hydrogen-bond donors (Lipinski definition) is 1. The van der Waals surface area contributed by atoms with Crippen molar-refractivity contribution in [3.63, 3.8) is 0 Å². The Balaban J connectivity index is 2.44. The third kappa shape index (κ3) is 3.81. The van der Waals surface area contributed by atoms with Crippen LogP contribution in [0, 0.1) is 0 Å². The highest BCUT2D eigenvalue weighted by molar-refractivity contribution is 7.98. The number of ether oxygens (including phenoxy) is 1. The Hall–Kier alpha value is -0.880. The van der Waals surface area contributed by atoms with Crippen molar-refractivity contribution in [3.05, 3.63) is 12.4 Å². The molecular formula is C11H21N3O2S. The average Bonchev–Trinajstić information content (AvgIpc) is 2.67. The lowest BCUT2D eigenvalue weighted by atomic mass is 10.2. The lowest BCUT2D eigenvalue weighted by Gasteiger charge is -2.29. The van der Waals surface area contributed by atoms with Crippen molar-refractivity contribution in [2.75, 3.05) is 25.6 Å². The summed E-state index contributed by atoms with van der Waals surface area (Å²) in [7, 11) is 1.87. The minimum atomic E-state index is -0.532. The quantitative estimate of drug-likeness (QED) is 0.706. The first-order valence-electron chi connectivity index (χ1n) is 5.71. The van der Waals surface area contributed by atoms with Gasteiger partial charge in [-0.05, 0) is 25.4 Å². The van der Waals surface area contributed by atoms with E-state index >= 15 is 0 Å². The molecule has 98 valence electrons. The molecule has 0 aliphatic carbocycles. The van der Waals surface area contributed by atoms with E-state index in [9.17, 15) is 4.79 Å². The van der Waals surface area contributed by atoms with Crippen molar-refractivity contribution >= 4 is 17.7 Å². The summed E-state index contributed by atoms with van der Waals surface area (Å²) in [6, 6.07) is -0.532. The highest BCUT2D eigenvalue weighted by Gasteiger charge is 2.28. The Bertz CT molecular complexity index is 286. The maximum Gasteiger partial charge on any atom is 0.326 e. The van der Waals surface area contributed by atoms with Crippen LogP contribution in [0.5, 0.6) is 0 Å². The summed E-state index contributed by atoms with van der Waals surface area (Å²) in [5.41, 5.74) is 5.77. The molecule has 2 N–H and O–H groups in total. The van der Waals surface area contributed by atoms with Gasteiger partial charge in [0, 0.05) is 26.0 Å². The molecule has 6 heteroatoms. The molecule has 0 aromatic carbocycles. The van der Waals surface area contributed by atoms with Gasteiger partial charge in [0.1, 0.15) is 6.04 Å². The number of thioether (sulfide) groups is 1. The fourth-order valence-electron chi connectivity index (χ4n) is 1.54. The number of nitrogens with zero attached hydrogens (tertiary/aromatic N) is 2. The van der Waals surface area contributed by atoms with Gasteiger partial charge in [0.15, 0.2) is 0 Å². The predicted octanol–water partition coefficient (Wildman–Crippen LogP) is 0.632. The van der Waals surface area contributed by atoms with Gasteiger partial charge < -0.3 is 20.3 Å².